The molecule has 0 aliphatic carbocycles. The largest absolute Gasteiger partial charge is 0.493 e. The average molecular weight is 284 g/mol. The first-order valence-electron chi connectivity index (χ1n) is 6.21. The summed E-state index contributed by atoms with van der Waals surface area (Å²) in [4.78, 5) is 5.08. The smallest absolute Gasteiger partial charge is 0.213 e. The molecule has 100 valence electrons. The highest BCUT2D eigenvalue weighted by Crippen LogP contribution is 2.18. The molecular weight excluding hydrogens is 272 g/mol. The Balaban J connectivity index is 1.69. The normalized spacial score (nSPS) is 10.6. The number of nitriles is 1. The van der Waals surface area contributed by atoms with Crippen molar-refractivity contribution in [1.29, 1.82) is 5.26 Å². The van der Waals surface area contributed by atoms with Gasteiger partial charge in [0, 0.05) is 6.42 Å². The molecule has 6 heteroatoms. The van der Waals surface area contributed by atoms with Crippen LogP contribution >= 0.6 is 11.3 Å². The van der Waals surface area contributed by atoms with Gasteiger partial charge in [0.15, 0.2) is 5.69 Å². The second-order valence-corrected chi connectivity index (χ2v) is 5.30. The summed E-state index contributed by atoms with van der Waals surface area (Å²) in [6, 6.07) is 11.8. The number of ether oxygens (including phenoxy) is 1. The lowest BCUT2D eigenvalue weighted by molar-refractivity contribution is 0.321. The molecule has 0 bridgehead atoms. The van der Waals surface area contributed by atoms with Gasteiger partial charge in [-0.3, -0.25) is 0 Å². The SMILES string of the molecule is Cc1nc2sc(CCOc3ccccc3)nn2c1C#N. The number of rotatable bonds is 4. The molecule has 0 fully saturated rings. The molecule has 0 amide bonds. The van der Waals surface area contributed by atoms with Gasteiger partial charge >= 0.3 is 0 Å². The zero-order chi connectivity index (χ0) is 13.9. The minimum Gasteiger partial charge on any atom is -0.493 e. The molecule has 0 aliphatic rings. The Morgan fingerprint density at radius 3 is 2.90 bits per heavy atom. The average Bonchev–Trinajstić information content (AvgIpc) is 2.96. The van der Waals surface area contributed by atoms with E-state index in [9.17, 15) is 0 Å². The number of para-hydroxylation sites is 1. The van der Waals surface area contributed by atoms with Crippen molar-refractivity contribution < 1.29 is 4.74 Å². The van der Waals surface area contributed by atoms with Crippen LogP contribution in [0, 0.1) is 18.3 Å². The molecule has 2 aromatic heterocycles. The van der Waals surface area contributed by atoms with Gasteiger partial charge in [-0.25, -0.2) is 4.98 Å². The summed E-state index contributed by atoms with van der Waals surface area (Å²) < 4.78 is 7.24. The number of nitrogens with zero attached hydrogens (tertiary/aromatic N) is 4. The van der Waals surface area contributed by atoms with Gasteiger partial charge in [0.25, 0.3) is 0 Å². The van der Waals surface area contributed by atoms with Crippen LogP contribution in [0.2, 0.25) is 0 Å². The Labute approximate surface area is 120 Å². The van der Waals surface area contributed by atoms with Crippen LogP contribution in [0.3, 0.4) is 0 Å². The Morgan fingerprint density at radius 2 is 2.15 bits per heavy atom. The Bertz CT molecular complexity index is 770. The Kier molecular flexibility index (Phi) is 3.35. The molecule has 3 aromatic rings. The van der Waals surface area contributed by atoms with E-state index >= 15 is 0 Å². The summed E-state index contributed by atoms with van der Waals surface area (Å²) in [5.74, 6) is 0.849. The number of aromatic nitrogens is 3. The summed E-state index contributed by atoms with van der Waals surface area (Å²) in [6.45, 7) is 2.37. The molecule has 1 aromatic carbocycles. The second kappa shape index (κ2) is 5.31. The van der Waals surface area contributed by atoms with Crippen LogP contribution in [0.1, 0.15) is 16.4 Å². The predicted molar refractivity (Wildman–Crippen MR) is 76.0 cm³/mol. The predicted octanol–water partition coefficient (Wildman–Crippen LogP) is 2.59. The number of fused-ring (bicyclic) bond motifs is 1. The van der Waals surface area contributed by atoms with Gasteiger partial charge in [0.05, 0.1) is 12.3 Å². The monoisotopic (exact) mass is 284 g/mol. The molecule has 0 atom stereocenters. The molecule has 0 saturated heterocycles. The molecule has 3 rings (SSSR count). The van der Waals surface area contributed by atoms with E-state index in [2.05, 4.69) is 16.2 Å². The van der Waals surface area contributed by atoms with E-state index < -0.39 is 0 Å². The molecule has 0 unspecified atom stereocenters. The van der Waals surface area contributed by atoms with Crippen molar-refractivity contribution in [3.8, 4) is 11.8 Å². The molecule has 0 spiro atoms. The molecule has 0 aliphatic heterocycles. The fourth-order valence-electron chi connectivity index (χ4n) is 1.89. The van der Waals surface area contributed by atoms with Crippen molar-refractivity contribution in [3.05, 3.63) is 46.7 Å². The lowest BCUT2D eigenvalue weighted by Gasteiger charge is -2.03. The lowest BCUT2D eigenvalue weighted by Crippen LogP contribution is -2.01. The lowest BCUT2D eigenvalue weighted by atomic mass is 10.3. The third-order valence-electron chi connectivity index (χ3n) is 2.85. The Hall–Kier alpha value is -2.39. The van der Waals surface area contributed by atoms with Crippen LogP contribution in [0.15, 0.2) is 30.3 Å². The number of hydrogen-bond acceptors (Lipinski definition) is 5. The van der Waals surface area contributed by atoms with Crippen molar-refractivity contribution in [3.63, 3.8) is 0 Å². The maximum Gasteiger partial charge on any atom is 0.213 e. The fraction of sp³-hybridized carbons (Fsp3) is 0.214. The fourth-order valence-corrected chi connectivity index (χ4v) is 2.81. The first-order valence-corrected chi connectivity index (χ1v) is 7.02. The molecule has 5 nitrogen and oxygen atoms in total. The van der Waals surface area contributed by atoms with Crippen molar-refractivity contribution in [2.45, 2.75) is 13.3 Å². The second-order valence-electron chi connectivity index (χ2n) is 4.26. The maximum absolute atomic E-state index is 9.07. The van der Waals surface area contributed by atoms with Crippen LogP contribution in [0.25, 0.3) is 4.96 Å². The highest BCUT2D eigenvalue weighted by molar-refractivity contribution is 7.16. The van der Waals surface area contributed by atoms with Crippen LogP contribution in [-0.4, -0.2) is 21.2 Å². The molecule has 0 N–H and O–H groups in total. The molecule has 2 heterocycles. The van der Waals surface area contributed by atoms with Crippen molar-refractivity contribution in [2.24, 2.45) is 0 Å². The number of hydrogen-bond donors (Lipinski definition) is 0. The van der Waals surface area contributed by atoms with Crippen LogP contribution in [0.4, 0.5) is 0 Å². The zero-order valence-corrected chi connectivity index (χ0v) is 11.7. The first-order chi connectivity index (χ1) is 9.78. The molecule has 20 heavy (non-hydrogen) atoms. The third kappa shape index (κ3) is 2.36. The van der Waals surface area contributed by atoms with E-state index in [1.165, 1.54) is 11.3 Å². The van der Waals surface area contributed by atoms with E-state index in [1.807, 2.05) is 37.3 Å². The van der Waals surface area contributed by atoms with E-state index in [0.29, 0.717) is 18.7 Å². The number of aryl methyl sites for hydroxylation is 1. The summed E-state index contributed by atoms with van der Waals surface area (Å²) in [7, 11) is 0. The summed E-state index contributed by atoms with van der Waals surface area (Å²) in [5.41, 5.74) is 1.23. The van der Waals surface area contributed by atoms with Crippen LogP contribution < -0.4 is 4.74 Å². The topological polar surface area (TPSA) is 63.2 Å². The standard InChI is InChI=1S/C14H12N4OS/c1-10-12(9-15)18-14(16-10)20-13(17-18)7-8-19-11-5-3-2-4-6-11/h2-6H,7-8H2,1H3. The highest BCUT2D eigenvalue weighted by Gasteiger charge is 2.13. The maximum atomic E-state index is 9.07. The van der Waals surface area contributed by atoms with Gasteiger partial charge in [0.2, 0.25) is 4.96 Å². The van der Waals surface area contributed by atoms with E-state index in [0.717, 1.165) is 21.4 Å². The van der Waals surface area contributed by atoms with Gasteiger partial charge in [0.1, 0.15) is 16.8 Å². The summed E-state index contributed by atoms with van der Waals surface area (Å²) in [6.07, 6.45) is 0.701. The van der Waals surface area contributed by atoms with Gasteiger partial charge in [-0.1, -0.05) is 29.5 Å². The summed E-state index contributed by atoms with van der Waals surface area (Å²) >= 11 is 1.49. The first kappa shape index (κ1) is 12.6. The Morgan fingerprint density at radius 1 is 1.35 bits per heavy atom. The quantitative estimate of drug-likeness (QED) is 0.738. The zero-order valence-electron chi connectivity index (χ0n) is 10.9. The van der Waals surface area contributed by atoms with Crippen molar-refractivity contribution in [2.75, 3.05) is 6.61 Å². The van der Waals surface area contributed by atoms with Gasteiger partial charge in [-0.2, -0.15) is 14.9 Å². The van der Waals surface area contributed by atoms with Crippen LogP contribution in [-0.2, 0) is 6.42 Å². The highest BCUT2D eigenvalue weighted by atomic mass is 32.1. The minimum absolute atomic E-state index is 0.506. The van der Waals surface area contributed by atoms with Gasteiger partial charge < -0.3 is 4.74 Å². The van der Waals surface area contributed by atoms with Crippen LogP contribution in [0.5, 0.6) is 5.75 Å². The van der Waals surface area contributed by atoms with Gasteiger partial charge in [-0.15, -0.1) is 0 Å². The van der Waals surface area contributed by atoms with E-state index in [4.69, 9.17) is 10.00 Å². The van der Waals surface area contributed by atoms with Crippen molar-refractivity contribution in [1.82, 2.24) is 14.6 Å². The molecular formula is C14H12N4OS. The van der Waals surface area contributed by atoms with E-state index in [-0.39, 0.29) is 0 Å². The van der Waals surface area contributed by atoms with E-state index in [1.54, 1.807) is 4.52 Å². The third-order valence-corrected chi connectivity index (χ3v) is 3.82. The number of imidazole rings is 1. The molecule has 0 radical (unpaired) electrons. The van der Waals surface area contributed by atoms with Gasteiger partial charge in [-0.05, 0) is 19.1 Å². The summed E-state index contributed by atoms with van der Waals surface area (Å²) in [5, 5.41) is 14.4. The van der Waals surface area contributed by atoms with Crippen molar-refractivity contribution >= 4 is 16.3 Å². The molecule has 0 saturated carbocycles. The minimum atomic E-state index is 0.506. The number of benzene rings is 1.